The zero-order valence-corrected chi connectivity index (χ0v) is 16.0. The van der Waals surface area contributed by atoms with E-state index in [1.807, 2.05) is 17.2 Å². The van der Waals surface area contributed by atoms with Gasteiger partial charge in [0.05, 0.1) is 6.54 Å². The lowest BCUT2D eigenvalue weighted by Crippen LogP contribution is -2.50. The van der Waals surface area contributed by atoms with Crippen molar-refractivity contribution in [1.29, 1.82) is 0 Å². The van der Waals surface area contributed by atoms with Gasteiger partial charge in [0.25, 0.3) is 5.91 Å². The monoisotopic (exact) mass is 416 g/mol. The molecule has 1 aromatic heterocycles. The van der Waals surface area contributed by atoms with Crippen molar-refractivity contribution in [2.24, 2.45) is 0 Å². The number of nitrogens with zero attached hydrogens (tertiary/aromatic N) is 3. The van der Waals surface area contributed by atoms with Crippen LogP contribution in [0.2, 0.25) is 0 Å². The van der Waals surface area contributed by atoms with Crippen LogP contribution in [-0.2, 0) is 11.3 Å². The van der Waals surface area contributed by atoms with Crippen LogP contribution in [0, 0.1) is 0 Å². The fourth-order valence-electron chi connectivity index (χ4n) is 2.88. The highest BCUT2D eigenvalue weighted by atomic mass is 79.9. The number of hydrogen-bond acceptors (Lipinski definition) is 4. The molecule has 0 radical (unpaired) electrons. The van der Waals surface area contributed by atoms with Gasteiger partial charge in [0, 0.05) is 55.2 Å². The summed E-state index contributed by atoms with van der Waals surface area (Å²) in [6.07, 6.45) is 3.64. The third-order valence-corrected chi connectivity index (χ3v) is 4.89. The fraction of sp³-hybridized carbons (Fsp3) is 0.316. The number of carbonyl (C=O) groups excluding carboxylic acids is 2. The molecule has 7 heteroatoms. The molecule has 1 saturated heterocycles. The summed E-state index contributed by atoms with van der Waals surface area (Å²) in [6, 6.07) is 11.0. The van der Waals surface area contributed by atoms with Crippen LogP contribution in [0.3, 0.4) is 0 Å². The van der Waals surface area contributed by atoms with Crippen molar-refractivity contribution in [3.8, 4) is 0 Å². The molecule has 1 fully saturated rings. The highest BCUT2D eigenvalue weighted by Crippen LogP contribution is 2.10. The Balaban J connectivity index is 1.42. The summed E-state index contributed by atoms with van der Waals surface area (Å²) in [7, 11) is 0. The third kappa shape index (κ3) is 5.12. The Bertz CT molecular complexity index is 744. The van der Waals surface area contributed by atoms with E-state index in [2.05, 4.69) is 37.2 Å². The highest BCUT2D eigenvalue weighted by molar-refractivity contribution is 9.10. The fourth-order valence-corrected chi connectivity index (χ4v) is 3.14. The lowest BCUT2D eigenvalue weighted by Gasteiger charge is -2.34. The molecule has 1 aromatic carbocycles. The van der Waals surface area contributed by atoms with Gasteiger partial charge in [-0.3, -0.25) is 19.5 Å². The Morgan fingerprint density at radius 3 is 2.46 bits per heavy atom. The Morgan fingerprint density at radius 1 is 1.08 bits per heavy atom. The van der Waals surface area contributed by atoms with Gasteiger partial charge in [0.2, 0.25) is 5.91 Å². The van der Waals surface area contributed by atoms with E-state index in [1.54, 1.807) is 30.5 Å². The maximum atomic E-state index is 12.3. The second-order valence-electron chi connectivity index (χ2n) is 6.21. The number of hydrogen-bond donors (Lipinski definition) is 1. The summed E-state index contributed by atoms with van der Waals surface area (Å²) in [4.78, 5) is 32.7. The van der Waals surface area contributed by atoms with Crippen molar-refractivity contribution < 1.29 is 9.59 Å². The van der Waals surface area contributed by atoms with E-state index < -0.39 is 0 Å². The Labute approximate surface area is 161 Å². The Kier molecular flexibility index (Phi) is 6.35. The molecule has 136 valence electrons. The minimum atomic E-state index is -0.235. The number of halogens is 1. The molecule has 6 nitrogen and oxygen atoms in total. The van der Waals surface area contributed by atoms with Crippen LogP contribution in [0.15, 0.2) is 53.3 Å². The van der Waals surface area contributed by atoms with Crippen LogP contribution in [0.25, 0.3) is 0 Å². The van der Waals surface area contributed by atoms with Gasteiger partial charge in [-0.25, -0.2) is 0 Å². The van der Waals surface area contributed by atoms with Gasteiger partial charge >= 0.3 is 0 Å². The summed E-state index contributed by atoms with van der Waals surface area (Å²) < 4.78 is 0.911. The van der Waals surface area contributed by atoms with Gasteiger partial charge < -0.3 is 10.2 Å². The van der Waals surface area contributed by atoms with Gasteiger partial charge in [0.15, 0.2) is 0 Å². The molecule has 0 saturated carbocycles. The highest BCUT2D eigenvalue weighted by Gasteiger charge is 2.21. The van der Waals surface area contributed by atoms with Gasteiger partial charge in [-0.05, 0) is 35.9 Å². The van der Waals surface area contributed by atoms with E-state index >= 15 is 0 Å². The summed E-state index contributed by atoms with van der Waals surface area (Å²) in [5.41, 5.74) is 1.72. The first-order valence-electron chi connectivity index (χ1n) is 8.54. The predicted molar refractivity (Wildman–Crippen MR) is 103 cm³/mol. The smallest absolute Gasteiger partial charge is 0.251 e. The van der Waals surface area contributed by atoms with E-state index in [0.717, 1.165) is 24.1 Å². The number of rotatable bonds is 5. The number of carbonyl (C=O) groups is 2. The van der Waals surface area contributed by atoms with Gasteiger partial charge in [-0.1, -0.05) is 22.0 Å². The van der Waals surface area contributed by atoms with E-state index in [0.29, 0.717) is 18.7 Å². The average molecular weight is 417 g/mol. The maximum absolute atomic E-state index is 12.3. The number of benzene rings is 1. The van der Waals surface area contributed by atoms with Crippen LogP contribution < -0.4 is 5.32 Å². The standard InChI is InChI=1S/C19H21BrN4O2/c20-17-5-3-16(4-6-17)19(26)22-13-18(25)24-10-8-23(9-11-24)14-15-2-1-7-21-12-15/h1-7,12H,8-11,13-14H2,(H,22,26). The van der Waals surface area contributed by atoms with Crippen LogP contribution in [0.1, 0.15) is 15.9 Å². The molecule has 0 aliphatic carbocycles. The Morgan fingerprint density at radius 2 is 1.81 bits per heavy atom. The molecule has 1 aliphatic heterocycles. The van der Waals surface area contributed by atoms with Crippen molar-refractivity contribution in [2.75, 3.05) is 32.7 Å². The van der Waals surface area contributed by atoms with E-state index in [4.69, 9.17) is 0 Å². The van der Waals surface area contributed by atoms with E-state index in [-0.39, 0.29) is 18.4 Å². The van der Waals surface area contributed by atoms with Gasteiger partial charge in [0.1, 0.15) is 0 Å². The summed E-state index contributed by atoms with van der Waals surface area (Å²) >= 11 is 3.33. The zero-order chi connectivity index (χ0) is 18.4. The molecular weight excluding hydrogens is 396 g/mol. The largest absolute Gasteiger partial charge is 0.343 e. The van der Waals surface area contributed by atoms with Crippen molar-refractivity contribution in [3.05, 3.63) is 64.4 Å². The third-order valence-electron chi connectivity index (χ3n) is 4.36. The minimum Gasteiger partial charge on any atom is -0.343 e. The first-order valence-corrected chi connectivity index (χ1v) is 9.34. The summed E-state index contributed by atoms with van der Waals surface area (Å²) in [6.45, 7) is 3.86. The zero-order valence-electron chi connectivity index (χ0n) is 14.4. The molecule has 1 N–H and O–H groups in total. The van der Waals surface area contributed by atoms with Crippen molar-refractivity contribution in [3.63, 3.8) is 0 Å². The van der Waals surface area contributed by atoms with Crippen LogP contribution in [-0.4, -0.2) is 59.3 Å². The average Bonchev–Trinajstić information content (AvgIpc) is 2.68. The maximum Gasteiger partial charge on any atom is 0.251 e. The molecule has 1 aliphatic rings. The van der Waals surface area contributed by atoms with Crippen LogP contribution >= 0.6 is 15.9 Å². The van der Waals surface area contributed by atoms with Crippen LogP contribution in [0.5, 0.6) is 0 Å². The Hall–Kier alpha value is -2.25. The number of nitrogens with one attached hydrogen (secondary N) is 1. The molecule has 0 unspecified atom stereocenters. The van der Waals surface area contributed by atoms with Crippen molar-refractivity contribution in [2.45, 2.75) is 6.54 Å². The molecule has 2 aromatic rings. The number of aromatic nitrogens is 1. The number of amides is 2. The first-order chi connectivity index (χ1) is 12.6. The molecule has 2 heterocycles. The molecule has 2 amide bonds. The van der Waals surface area contributed by atoms with E-state index in [9.17, 15) is 9.59 Å². The SMILES string of the molecule is O=C(NCC(=O)N1CCN(Cc2cccnc2)CC1)c1ccc(Br)cc1. The number of piperazine rings is 1. The van der Waals surface area contributed by atoms with Crippen LogP contribution in [0.4, 0.5) is 0 Å². The molecule has 0 atom stereocenters. The second-order valence-corrected chi connectivity index (χ2v) is 7.12. The molecule has 26 heavy (non-hydrogen) atoms. The predicted octanol–water partition coefficient (Wildman–Crippen LogP) is 1.92. The van der Waals surface area contributed by atoms with Gasteiger partial charge in [-0.2, -0.15) is 0 Å². The molecule has 0 bridgehead atoms. The number of pyridine rings is 1. The minimum absolute atomic E-state index is 0.0253. The normalized spacial score (nSPS) is 14.9. The van der Waals surface area contributed by atoms with Crippen molar-refractivity contribution in [1.82, 2.24) is 20.1 Å². The lowest BCUT2D eigenvalue weighted by molar-refractivity contribution is -0.131. The second kappa shape index (κ2) is 8.91. The topological polar surface area (TPSA) is 65.5 Å². The van der Waals surface area contributed by atoms with Gasteiger partial charge in [-0.15, -0.1) is 0 Å². The van der Waals surface area contributed by atoms with Crippen molar-refractivity contribution >= 4 is 27.7 Å². The molecule has 3 rings (SSSR count). The summed E-state index contributed by atoms with van der Waals surface area (Å²) in [5.74, 6) is -0.280. The lowest BCUT2D eigenvalue weighted by atomic mass is 10.2. The van der Waals surface area contributed by atoms with E-state index in [1.165, 1.54) is 5.56 Å². The first kappa shape index (κ1) is 18.5. The summed E-state index contributed by atoms with van der Waals surface area (Å²) in [5, 5.41) is 2.70. The molecular formula is C19H21BrN4O2. The quantitative estimate of drug-likeness (QED) is 0.808. The molecule has 0 spiro atoms.